The minimum absolute atomic E-state index is 0.00449. The zero-order valence-corrected chi connectivity index (χ0v) is 15.6. The molecule has 1 aliphatic heterocycles. The van der Waals surface area contributed by atoms with Crippen molar-refractivity contribution in [2.75, 3.05) is 36.5 Å². The van der Waals surface area contributed by atoms with Crippen LogP contribution in [0.15, 0.2) is 12.1 Å². The standard InChI is InChI=1S/C18H25F2N3O4/c1-18(2,3)27-17(26)22-10-13(24)9-21-12-6-11-7-15(25)23(5-4-19)16(11)14(20)8-12/h6,8,13,21,24H,4-5,7,9-10H2,1-3H3,(H,22,26). The maximum absolute atomic E-state index is 14.3. The fourth-order valence-corrected chi connectivity index (χ4v) is 2.72. The molecule has 0 aliphatic carbocycles. The zero-order valence-electron chi connectivity index (χ0n) is 15.6. The number of anilines is 2. The fraction of sp³-hybridized carbons (Fsp3) is 0.556. The van der Waals surface area contributed by atoms with Gasteiger partial charge in [0.15, 0.2) is 0 Å². The predicted octanol–water partition coefficient (Wildman–Crippen LogP) is 1.98. The van der Waals surface area contributed by atoms with Crippen molar-refractivity contribution in [2.24, 2.45) is 0 Å². The summed E-state index contributed by atoms with van der Waals surface area (Å²) in [5.74, 6) is -0.976. The van der Waals surface area contributed by atoms with Gasteiger partial charge < -0.3 is 25.4 Å². The number of hydrogen-bond acceptors (Lipinski definition) is 5. The molecule has 0 spiro atoms. The predicted molar refractivity (Wildman–Crippen MR) is 97.2 cm³/mol. The highest BCUT2D eigenvalue weighted by Crippen LogP contribution is 2.34. The van der Waals surface area contributed by atoms with Crippen LogP contribution in [-0.2, 0) is 16.0 Å². The molecule has 1 heterocycles. The highest BCUT2D eigenvalue weighted by Gasteiger charge is 2.30. The number of carbonyl (C=O) groups is 2. The van der Waals surface area contributed by atoms with Gasteiger partial charge in [-0.05, 0) is 38.5 Å². The van der Waals surface area contributed by atoms with E-state index < -0.39 is 30.3 Å². The Morgan fingerprint density at radius 1 is 1.37 bits per heavy atom. The van der Waals surface area contributed by atoms with Crippen LogP contribution in [0.25, 0.3) is 0 Å². The Labute approximate surface area is 156 Å². The first-order valence-corrected chi connectivity index (χ1v) is 8.68. The first kappa shape index (κ1) is 20.9. The number of aliphatic hydroxyl groups is 1. The van der Waals surface area contributed by atoms with E-state index in [-0.39, 0.29) is 37.6 Å². The minimum Gasteiger partial charge on any atom is -0.444 e. The van der Waals surface area contributed by atoms with E-state index in [1.165, 1.54) is 6.07 Å². The van der Waals surface area contributed by atoms with Crippen LogP contribution in [0.4, 0.5) is 25.0 Å². The van der Waals surface area contributed by atoms with Gasteiger partial charge in [0.05, 0.1) is 24.8 Å². The first-order valence-electron chi connectivity index (χ1n) is 8.68. The summed E-state index contributed by atoms with van der Waals surface area (Å²) in [7, 11) is 0. The van der Waals surface area contributed by atoms with E-state index in [0.29, 0.717) is 11.3 Å². The van der Waals surface area contributed by atoms with Crippen molar-refractivity contribution in [1.29, 1.82) is 0 Å². The van der Waals surface area contributed by atoms with Gasteiger partial charge in [0.2, 0.25) is 5.91 Å². The molecule has 1 unspecified atom stereocenters. The van der Waals surface area contributed by atoms with E-state index in [0.717, 1.165) is 4.90 Å². The lowest BCUT2D eigenvalue weighted by Gasteiger charge is -2.21. The number of nitrogens with zero attached hydrogens (tertiary/aromatic N) is 1. The van der Waals surface area contributed by atoms with Gasteiger partial charge in [-0.1, -0.05) is 0 Å². The molecule has 7 nitrogen and oxygen atoms in total. The summed E-state index contributed by atoms with van der Waals surface area (Å²) in [4.78, 5) is 24.5. The molecule has 1 aromatic carbocycles. The number of nitrogens with one attached hydrogen (secondary N) is 2. The third-order valence-corrected chi connectivity index (χ3v) is 3.79. The topological polar surface area (TPSA) is 90.9 Å². The van der Waals surface area contributed by atoms with Crippen LogP contribution in [0.2, 0.25) is 0 Å². The Kier molecular flexibility index (Phi) is 6.59. The molecule has 0 saturated carbocycles. The number of benzene rings is 1. The number of carbonyl (C=O) groups excluding carboxylic acids is 2. The van der Waals surface area contributed by atoms with Crippen molar-refractivity contribution in [3.05, 3.63) is 23.5 Å². The smallest absolute Gasteiger partial charge is 0.407 e. The van der Waals surface area contributed by atoms with Crippen molar-refractivity contribution in [1.82, 2.24) is 5.32 Å². The molecular weight excluding hydrogens is 360 g/mol. The monoisotopic (exact) mass is 385 g/mol. The quantitative estimate of drug-likeness (QED) is 0.668. The summed E-state index contributed by atoms with van der Waals surface area (Å²) in [6, 6.07) is 2.79. The average molecular weight is 385 g/mol. The lowest BCUT2D eigenvalue weighted by molar-refractivity contribution is -0.117. The molecule has 2 amide bonds. The molecular formula is C18H25F2N3O4. The first-order chi connectivity index (χ1) is 12.6. The molecule has 1 atom stereocenters. The Morgan fingerprint density at radius 3 is 2.70 bits per heavy atom. The fourth-order valence-electron chi connectivity index (χ4n) is 2.72. The number of alkyl halides is 1. The van der Waals surface area contributed by atoms with Crippen LogP contribution >= 0.6 is 0 Å². The van der Waals surface area contributed by atoms with E-state index in [4.69, 9.17) is 4.74 Å². The molecule has 1 aromatic rings. The Hall–Kier alpha value is -2.42. The van der Waals surface area contributed by atoms with Crippen molar-refractivity contribution >= 4 is 23.4 Å². The number of rotatable bonds is 7. The number of halogens is 2. The van der Waals surface area contributed by atoms with Gasteiger partial charge in [0, 0.05) is 18.8 Å². The SMILES string of the molecule is CC(C)(C)OC(=O)NCC(O)CNc1cc(F)c2c(c1)CC(=O)N2CCF. The third kappa shape index (κ3) is 5.78. The Balaban J connectivity index is 1.90. The number of fused-ring (bicyclic) bond motifs is 1. The number of aliphatic hydroxyl groups excluding tert-OH is 1. The molecule has 0 aromatic heterocycles. The molecule has 0 bridgehead atoms. The summed E-state index contributed by atoms with van der Waals surface area (Å²) in [5, 5.41) is 15.2. The van der Waals surface area contributed by atoms with E-state index in [9.17, 15) is 23.5 Å². The van der Waals surface area contributed by atoms with Gasteiger partial charge in [0.1, 0.15) is 18.1 Å². The van der Waals surface area contributed by atoms with Crippen molar-refractivity contribution in [3.63, 3.8) is 0 Å². The van der Waals surface area contributed by atoms with E-state index in [1.807, 2.05) is 0 Å². The second-order valence-electron chi connectivity index (χ2n) is 7.29. The zero-order chi connectivity index (χ0) is 20.2. The molecule has 150 valence electrons. The van der Waals surface area contributed by atoms with Gasteiger partial charge in [-0.2, -0.15) is 0 Å². The van der Waals surface area contributed by atoms with E-state index in [1.54, 1.807) is 26.8 Å². The Bertz CT molecular complexity index is 707. The van der Waals surface area contributed by atoms with Crippen LogP contribution in [0.5, 0.6) is 0 Å². The lowest BCUT2D eigenvalue weighted by Crippen LogP contribution is -2.39. The number of hydrogen-bond donors (Lipinski definition) is 3. The maximum atomic E-state index is 14.3. The number of alkyl carbamates (subject to hydrolysis) is 1. The summed E-state index contributed by atoms with van der Waals surface area (Å²) in [5.41, 5.74) is 0.327. The second-order valence-corrected chi connectivity index (χ2v) is 7.29. The normalized spacial score (nSPS) is 14.7. The molecule has 9 heteroatoms. The van der Waals surface area contributed by atoms with Crippen molar-refractivity contribution in [3.8, 4) is 0 Å². The number of amides is 2. The third-order valence-electron chi connectivity index (χ3n) is 3.79. The Morgan fingerprint density at radius 2 is 2.07 bits per heavy atom. The second kappa shape index (κ2) is 8.51. The van der Waals surface area contributed by atoms with E-state index >= 15 is 0 Å². The highest BCUT2D eigenvalue weighted by atomic mass is 19.1. The maximum Gasteiger partial charge on any atom is 0.407 e. The van der Waals surface area contributed by atoms with Gasteiger partial charge in [-0.25, -0.2) is 13.6 Å². The molecule has 0 saturated heterocycles. The van der Waals surface area contributed by atoms with Crippen molar-refractivity contribution in [2.45, 2.75) is 38.9 Å². The largest absolute Gasteiger partial charge is 0.444 e. The van der Waals surface area contributed by atoms with Crippen LogP contribution in [0.1, 0.15) is 26.3 Å². The van der Waals surface area contributed by atoms with Crippen LogP contribution < -0.4 is 15.5 Å². The molecule has 0 fully saturated rings. The molecule has 27 heavy (non-hydrogen) atoms. The van der Waals surface area contributed by atoms with Crippen LogP contribution in [0.3, 0.4) is 0 Å². The molecule has 3 N–H and O–H groups in total. The van der Waals surface area contributed by atoms with Crippen LogP contribution in [-0.4, -0.2) is 55.1 Å². The summed E-state index contributed by atoms with van der Waals surface area (Å²) < 4.78 is 32.0. The minimum atomic E-state index is -0.932. The lowest BCUT2D eigenvalue weighted by atomic mass is 10.1. The molecule has 2 rings (SSSR count). The van der Waals surface area contributed by atoms with E-state index in [2.05, 4.69) is 10.6 Å². The summed E-state index contributed by atoms with van der Waals surface area (Å²) >= 11 is 0. The molecule has 0 radical (unpaired) electrons. The van der Waals surface area contributed by atoms with Gasteiger partial charge in [0.25, 0.3) is 0 Å². The summed E-state index contributed by atoms with van der Waals surface area (Å²) in [6.45, 7) is 4.27. The molecule has 1 aliphatic rings. The van der Waals surface area contributed by atoms with Crippen molar-refractivity contribution < 1.29 is 28.2 Å². The van der Waals surface area contributed by atoms with Gasteiger partial charge in [-0.3, -0.25) is 4.79 Å². The van der Waals surface area contributed by atoms with Gasteiger partial charge in [-0.15, -0.1) is 0 Å². The highest BCUT2D eigenvalue weighted by molar-refractivity contribution is 6.02. The average Bonchev–Trinajstić information content (AvgIpc) is 2.86. The summed E-state index contributed by atoms with van der Waals surface area (Å²) in [6.07, 6.45) is -1.57. The number of ether oxygens (including phenoxy) is 1. The van der Waals surface area contributed by atoms with Gasteiger partial charge >= 0.3 is 6.09 Å². The van der Waals surface area contributed by atoms with Crippen LogP contribution in [0, 0.1) is 5.82 Å².